The van der Waals surface area contributed by atoms with Crippen molar-refractivity contribution in [3.05, 3.63) is 12.7 Å². The molecule has 2 aliphatic heterocycles. The first-order valence-electron chi connectivity index (χ1n) is 5.85. The van der Waals surface area contributed by atoms with E-state index in [1.165, 1.54) is 12.8 Å². The monoisotopic (exact) mass is 208 g/mol. The van der Waals surface area contributed by atoms with Gasteiger partial charge < -0.3 is 10.2 Å². The minimum absolute atomic E-state index is 0.304. The van der Waals surface area contributed by atoms with Crippen LogP contribution in [0.5, 0.6) is 0 Å². The second-order valence-electron chi connectivity index (χ2n) is 4.82. The molecule has 2 aliphatic rings. The van der Waals surface area contributed by atoms with Gasteiger partial charge in [-0.05, 0) is 25.8 Å². The number of carbonyl (C=O) groups is 1. The average Bonchev–Trinajstić information content (AvgIpc) is 2.86. The van der Waals surface area contributed by atoms with E-state index in [2.05, 4.69) is 11.9 Å². The van der Waals surface area contributed by atoms with Crippen molar-refractivity contribution >= 4 is 5.91 Å². The van der Waals surface area contributed by atoms with Crippen LogP contribution in [0.1, 0.15) is 25.7 Å². The van der Waals surface area contributed by atoms with Crippen molar-refractivity contribution in [2.75, 3.05) is 26.2 Å². The van der Waals surface area contributed by atoms with Crippen LogP contribution in [0.15, 0.2) is 12.7 Å². The van der Waals surface area contributed by atoms with Crippen molar-refractivity contribution in [2.45, 2.75) is 25.7 Å². The Morgan fingerprint density at radius 1 is 1.53 bits per heavy atom. The average molecular weight is 208 g/mol. The summed E-state index contributed by atoms with van der Waals surface area (Å²) in [6.45, 7) is 7.79. The van der Waals surface area contributed by atoms with E-state index in [4.69, 9.17) is 0 Å². The molecule has 84 valence electrons. The van der Waals surface area contributed by atoms with Crippen molar-refractivity contribution in [2.24, 2.45) is 5.41 Å². The molecule has 0 bridgehead atoms. The second kappa shape index (κ2) is 4.35. The lowest BCUT2D eigenvalue weighted by atomic mass is 9.86. The Morgan fingerprint density at radius 3 is 3.07 bits per heavy atom. The smallest absolute Gasteiger partial charge is 0.222 e. The van der Waals surface area contributed by atoms with Gasteiger partial charge in [0.1, 0.15) is 0 Å². The molecule has 2 heterocycles. The molecule has 1 N–H and O–H groups in total. The van der Waals surface area contributed by atoms with Gasteiger partial charge in [-0.1, -0.05) is 6.08 Å². The summed E-state index contributed by atoms with van der Waals surface area (Å²) < 4.78 is 0. The molecule has 1 unspecified atom stereocenters. The summed E-state index contributed by atoms with van der Waals surface area (Å²) >= 11 is 0. The first kappa shape index (κ1) is 10.7. The number of nitrogens with one attached hydrogen (secondary N) is 1. The fourth-order valence-corrected chi connectivity index (χ4v) is 2.68. The number of hydrogen-bond acceptors (Lipinski definition) is 2. The van der Waals surface area contributed by atoms with Crippen LogP contribution in [0.25, 0.3) is 0 Å². The molecule has 2 saturated heterocycles. The molecule has 0 aromatic carbocycles. The van der Waals surface area contributed by atoms with Crippen LogP contribution in [-0.2, 0) is 4.79 Å². The molecule has 0 saturated carbocycles. The first-order valence-corrected chi connectivity index (χ1v) is 5.85. The fraction of sp³-hybridized carbons (Fsp3) is 0.750. The summed E-state index contributed by atoms with van der Waals surface area (Å²) in [7, 11) is 0. The third kappa shape index (κ3) is 2.23. The van der Waals surface area contributed by atoms with Gasteiger partial charge in [0.2, 0.25) is 5.91 Å². The Balaban J connectivity index is 1.86. The molecular formula is C12H20N2O. The van der Waals surface area contributed by atoms with Gasteiger partial charge in [-0.15, -0.1) is 6.58 Å². The Labute approximate surface area is 91.5 Å². The summed E-state index contributed by atoms with van der Waals surface area (Å²) in [5.74, 6) is 0.304. The molecule has 15 heavy (non-hydrogen) atoms. The van der Waals surface area contributed by atoms with Crippen molar-refractivity contribution in [3.8, 4) is 0 Å². The topological polar surface area (TPSA) is 32.3 Å². The molecule has 1 atom stereocenters. The van der Waals surface area contributed by atoms with Gasteiger partial charge in [0.25, 0.3) is 0 Å². The van der Waals surface area contributed by atoms with Crippen LogP contribution in [0.2, 0.25) is 0 Å². The maximum Gasteiger partial charge on any atom is 0.222 e. The first-order chi connectivity index (χ1) is 7.26. The number of rotatable bonds is 3. The standard InChI is InChI=1S/C12H20N2O/c1-2-3-4-11(15)14-8-6-12(10-14)5-7-13-9-12/h2,13H,1,3-10H2. The number of allylic oxidation sites excluding steroid dienone is 1. The highest BCUT2D eigenvalue weighted by molar-refractivity contribution is 5.76. The molecule has 1 amide bonds. The maximum absolute atomic E-state index is 11.8. The highest BCUT2D eigenvalue weighted by atomic mass is 16.2. The highest BCUT2D eigenvalue weighted by Gasteiger charge is 2.41. The van der Waals surface area contributed by atoms with Gasteiger partial charge in [0, 0.05) is 31.5 Å². The highest BCUT2D eigenvalue weighted by Crippen LogP contribution is 2.36. The summed E-state index contributed by atoms with van der Waals surface area (Å²) in [5.41, 5.74) is 0.407. The fourth-order valence-electron chi connectivity index (χ4n) is 2.68. The van der Waals surface area contributed by atoms with Gasteiger partial charge in [0.05, 0.1) is 0 Å². The van der Waals surface area contributed by atoms with Crippen molar-refractivity contribution in [3.63, 3.8) is 0 Å². The van der Waals surface area contributed by atoms with E-state index in [9.17, 15) is 4.79 Å². The Bertz CT molecular complexity index is 256. The third-order valence-electron chi connectivity index (χ3n) is 3.69. The SMILES string of the molecule is C=CCCC(=O)N1CCC2(CCNC2)C1. The van der Waals surface area contributed by atoms with E-state index in [-0.39, 0.29) is 0 Å². The molecule has 0 radical (unpaired) electrons. The van der Waals surface area contributed by atoms with E-state index in [1.807, 2.05) is 11.0 Å². The van der Waals surface area contributed by atoms with Crippen LogP contribution in [0.3, 0.4) is 0 Å². The zero-order valence-electron chi connectivity index (χ0n) is 9.30. The largest absolute Gasteiger partial charge is 0.342 e. The predicted molar refractivity (Wildman–Crippen MR) is 60.5 cm³/mol. The van der Waals surface area contributed by atoms with E-state index in [0.29, 0.717) is 17.7 Å². The van der Waals surface area contributed by atoms with Gasteiger partial charge in [-0.2, -0.15) is 0 Å². The number of amides is 1. The lowest BCUT2D eigenvalue weighted by Gasteiger charge is -2.22. The molecule has 3 nitrogen and oxygen atoms in total. The Morgan fingerprint density at radius 2 is 2.40 bits per heavy atom. The van der Waals surface area contributed by atoms with Crippen molar-refractivity contribution in [1.29, 1.82) is 0 Å². The van der Waals surface area contributed by atoms with Crippen LogP contribution in [0.4, 0.5) is 0 Å². The number of hydrogen-bond donors (Lipinski definition) is 1. The molecule has 2 fully saturated rings. The van der Waals surface area contributed by atoms with Crippen molar-refractivity contribution in [1.82, 2.24) is 10.2 Å². The lowest BCUT2D eigenvalue weighted by Crippen LogP contribution is -2.33. The summed E-state index contributed by atoms with van der Waals surface area (Å²) in [6.07, 6.45) is 5.67. The summed E-state index contributed by atoms with van der Waals surface area (Å²) in [4.78, 5) is 13.8. The lowest BCUT2D eigenvalue weighted by molar-refractivity contribution is -0.130. The van der Waals surface area contributed by atoms with E-state index in [0.717, 1.165) is 32.6 Å². The maximum atomic E-state index is 11.8. The minimum atomic E-state index is 0.304. The van der Waals surface area contributed by atoms with E-state index < -0.39 is 0 Å². The minimum Gasteiger partial charge on any atom is -0.342 e. The van der Waals surface area contributed by atoms with Crippen LogP contribution >= 0.6 is 0 Å². The predicted octanol–water partition coefficient (Wildman–Crippen LogP) is 1.16. The Hall–Kier alpha value is -0.830. The van der Waals surface area contributed by atoms with E-state index >= 15 is 0 Å². The third-order valence-corrected chi connectivity index (χ3v) is 3.69. The normalized spacial score (nSPS) is 30.0. The molecule has 0 aromatic rings. The number of nitrogens with zero attached hydrogens (tertiary/aromatic N) is 1. The summed E-state index contributed by atoms with van der Waals surface area (Å²) in [6, 6.07) is 0. The van der Waals surface area contributed by atoms with Crippen LogP contribution < -0.4 is 5.32 Å². The molecular weight excluding hydrogens is 188 g/mol. The van der Waals surface area contributed by atoms with Crippen LogP contribution in [-0.4, -0.2) is 37.0 Å². The van der Waals surface area contributed by atoms with E-state index in [1.54, 1.807) is 0 Å². The van der Waals surface area contributed by atoms with Crippen LogP contribution in [0, 0.1) is 5.41 Å². The molecule has 3 heteroatoms. The van der Waals surface area contributed by atoms with Gasteiger partial charge in [0.15, 0.2) is 0 Å². The van der Waals surface area contributed by atoms with Crippen molar-refractivity contribution < 1.29 is 4.79 Å². The zero-order chi connectivity index (χ0) is 10.7. The summed E-state index contributed by atoms with van der Waals surface area (Å²) in [5, 5.41) is 3.40. The second-order valence-corrected chi connectivity index (χ2v) is 4.82. The quantitative estimate of drug-likeness (QED) is 0.706. The molecule has 0 aliphatic carbocycles. The zero-order valence-corrected chi connectivity index (χ0v) is 9.30. The van der Waals surface area contributed by atoms with Gasteiger partial charge >= 0.3 is 0 Å². The molecule has 1 spiro atoms. The Kier molecular flexibility index (Phi) is 3.10. The molecule has 2 rings (SSSR count). The number of likely N-dealkylation sites (tertiary alicyclic amines) is 1. The van der Waals surface area contributed by atoms with Gasteiger partial charge in [-0.25, -0.2) is 0 Å². The number of carbonyl (C=O) groups excluding carboxylic acids is 1. The molecule has 0 aromatic heterocycles. The van der Waals surface area contributed by atoms with Gasteiger partial charge in [-0.3, -0.25) is 4.79 Å².